The summed E-state index contributed by atoms with van der Waals surface area (Å²) in [5.74, 6) is -2.13. The van der Waals surface area contributed by atoms with Crippen molar-refractivity contribution in [3.05, 3.63) is 17.7 Å². The summed E-state index contributed by atoms with van der Waals surface area (Å²) in [5, 5.41) is 22.9. The molecule has 0 aromatic heterocycles. The fourth-order valence-electron chi connectivity index (χ4n) is 6.09. The summed E-state index contributed by atoms with van der Waals surface area (Å²) < 4.78 is 21.2. The number of primary amides is 2. The summed E-state index contributed by atoms with van der Waals surface area (Å²) in [5.41, 5.74) is 9.50. The van der Waals surface area contributed by atoms with E-state index in [1.54, 1.807) is 12.1 Å². The number of methoxy groups -OCH3 is 3. The van der Waals surface area contributed by atoms with Crippen molar-refractivity contribution in [2.75, 3.05) is 34.4 Å². The molecule has 16 nitrogen and oxygen atoms in total. The van der Waals surface area contributed by atoms with E-state index in [0.29, 0.717) is 35.7 Å². The molecule has 0 spiro atoms. The molecule has 250 valence electrons. The smallest absolute Gasteiger partial charge is 0.405 e. The van der Waals surface area contributed by atoms with Gasteiger partial charge >= 0.3 is 6.09 Å². The van der Waals surface area contributed by atoms with Crippen LogP contribution in [0.25, 0.3) is 0 Å². The third-order valence-corrected chi connectivity index (χ3v) is 8.22. The Morgan fingerprint density at radius 3 is 2.09 bits per heavy atom. The fourth-order valence-corrected chi connectivity index (χ4v) is 6.09. The second-order valence-corrected chi connectivity index (χ2v) is 11.2. The first-order chi connectivity index (χ1) is 21.2. The van der Waals surface area contributed by atoms with Crippen molar-refractivity contribution in [1.29, 1.82) is 0 Å². The van der Waals surface area contributed by atoms with Crippen LogP contribution in [0, 0.1) is 0 Å². The molecule has 16 heteroatoms. The first kappa shape index (κ1) is 35.2. The topological polar surface area (TPSA) is 233 Å². The largest absolute Gasteiger partial charge is 0.493 e. The van der Waals surface area contributed by atoms with Crippen LogP contribution in [0.15, 0.2) is 12.1 Å². The summed E-state index contributed by atoms with van der Waals surface area (Å²) in [6.07, 6.45) is -4.50. The van der Waals surface area contributed by atoms with E-state index in [-0.39, 0.29) is 32.4 Å². The van der Waals surface area contributed by atoms with Gasteiger partial charge in [-0.1, -0.05) is 0 Å². The quantitative estimate of drug-likeness (QED) is 0.172. The predicted molar refractivity (Wildman–Crippen MR) is 157 cm³/mol. The zero-order chi connectivity index (χ0) is 33.6. The van der Waals surface area contributed by atoms with Gasteiger partial charge in [0.25, 0.3) is 5.91 Å². The number of nitrogens with zero attached hydrogens (tertiary/aromatic N) is 2. The van der Waals surface area contributed by atoms with Crippen LogP contribution in [0.4, 0.5) is 4.79 Å². The molecule has 7 N–H and O–H groups in total. The lowest BCUT2D eigenvalue weighted by Gasteiger charge is -2.41. The van der Waals surface area contributed by atoms with Crippen molar-refractivity contribution in [2.45, 2.75) is 81.9 Å². The van der Waals surface area contributed by atoms with E-state index in [4.69, 9.17) is 30.4 Å². The Kier molecular flexibility index (Phi) is 11.4. The van der Waals surface area contributed by atoms with Gasteiger partial charge in [-0.05, 0) is 57.2 Å². The molecule has 2 aliphatic heterocycles. The first-order valence-corrected chi connectivity index (χ1v) is 14.6. The number of amides is 5. The van der Waals surface area contributed by atoms with Gasteiger partial charge in [0.15, 0.2) is 11.5 Å². The number of hydrogen-bond donors (Lipinski definition) is 5. The number of hydrogen-bond acceptors (Lipinski definition) is 11. The number of aliphatic hydroxyl groups excluding tert-OH is 2. The number of aliphatic hydroxyl groups is 2. The molecule has 2 unspecified atom stereocenters. The van der Waals surface area contributed by atoms with Gasteiger partial charge in [-0.3, -0.25) is 19.2 Å². The molecule has 2 saturated heterocycles. The molecule has 45 heavy (non-hydrogen) atoms. The predicted octanol–water partition coefficient (Wildman–Crippen LogP) is -1.20. The maximum atomic E-state index is 14.3. The molecule has 2 heterocycles. The molecule has 0 bridgehead atoms. The van der Waals surface area contributed by atoms with Gasteiger partial charge in [0, 0.05) is 19.5 Å². The molecule has 0 saturated carbocycles. The summed E-state index contributed by atoms with van der Waals surface area (Å²) in [6.45, 7) is 2.81. The lowest BCUT2D eigenvalue weighted by molar-refractivity contribution is -0.156. The normalized spacial score (nSPS) is 22.2. The standard InChI is InChI=1S/C29H43N5O11/c1-15(35)21(24(30)37)32-27(40)29(14-17-12-19(42-3)23(44-5)20(13-17)43-4)9-7-11-34(29)25(38)18-8-6-10-33(18)26(39)22(16(2)36)45-28(31)41/h12-13,15-16,18,21-22,35-36H,6-11,14H2,1-5H3,(H2,30,37)(H2,31,41)(H,32,40)/t15-,16-,18?,21+,22+,29?/m1/s1. The van der Waals surface area contributed by atoms with Gasteiger partial charge in [-0.25, -0.2) is 4.79 Å². The second-order valence-electron chi connectivity index (χ2n) is 11.2. The number of ether oxygens (including phenoxy) is 4. The fraction of sp³-hybridized carbons (Fsp3) is 0.621. The molecule has 2 fully saturated rings. The minimum absolute atomic E-state index is 0.0751. The molecule has 1 aromatic carbocycles. The minimum Gasteiger partial charge on any atom is -0.493 e. The molecule has 1 aromatic rings. The van der Waals surface area contributed by atoms with E-state index in [0.717, 1.165) is 0 Å². The van der Waals surface area contributed by atoms with E-state index < -0.39 is 65.7 Å². The van der Waals surface area contributed by atoms with E-state index in [1.807, 2.05) is 0 Å². The molecule has 3 rings (SSSR count). The van der Waals surface area contributed by atoms with Crippen molar-refractivity contribution in [1.82, 2.24) is 15.1 Å². The monoisotopic (exact) mass is 637 g/mol. The zero-order valence-corrected chi connectivity index (χ0v) is 26.1. The number of carbonyl (C=O) groups is 5. The molecule has 6 atom stereocenters. The van der Waals surface area contributed by atoms with Crippen LogP contribution in [0.2, 0.25) is 0 Å². The first-order valence-electron chi connectivity index (χ1n) is 14.6. The number of nitrogens with two attached hydrogens (primary N) is 2. The van der Waals surface area contributed by atoms with Gasteiger partial charge in [-0.15, -0.1) is 0 Å². The summed E-state index contributed by atoms with van der Waals surface area (Å²) >= 11 is 0. The maximum Gasteiger partial charge on any atom is 0.405 e. The molecular formula is C29H43N5O11. The van der Waals surface area contributed by atoms with Crippen molar-refractivity contribution in [3.63, 3.8) is 0 Å². The lowest BCUT2D eigenvalue weighted by atomic mass is 9.85. The van der Waals surface area contributed by atoms with Crippen LogP contribution < -0.4 is 31.0 Å². The van der Waals surface area contributed by atoms with Gasteiger partial charge in [-0.2, -0.15) is 0 Å². The summed E-state index contributed by atoms with van der Waals surface area (Å²) in [4.78, 5) is 68.1. The highest BCUT2D eigenvalue weighted by Crippen LogP contribution is 2.42. The van der Waals surface area contributed by atoms with Crippen molar-refractivity contribution >= 4 is 29.7 Å². The van der Waals surface area contributed by atoms with Crippen LogP contribution in [0.1, 0.15) is 45.1 Å². The minimum atomic E-state index is -1.64. The Hall–Kier alpha value is -4.31. The third kappa shape index (κ3) is 7.33. The molecule has 5 amide bonds. The Morgan fingerprint density at radius 2 is 1.60 bits per heavy atom. The van der Waals surface area contributed by atoms with Crippen LogP contribution in [-0.2, 0) is 30.3 Å². The van der Waals surface area contributed by atoms with Crippen LogP contribution >= 0.6 is 0 Å². The average Bonchev–Trinajstić information content (AvgIpc) is 3.65. The van der Waals surface area contributed by atoms with E-state index in [9.17, 15) is 34.2 Å². The van der Waals surface area contributed by atoms with Crippen LogP contribution in [0.5, 0.6) is 17.2 Å². The number of nitrogens with one attached hydrogen (secondary N) is 1. The maximum absolute atomic E-state index is 14.3. The highest BCUT2D eigenvalue weighted by atomic mass is 16.6. The Morgan fingerprint density at radius 1 is 0.978 bits per heavy atom. The second kappa shape index (κ2) is 14.6. The SMILES string of the molecule is COc1cc(CC2(C(=O)N[C@H](C(N)=O)[C@@H](C)O)CCCN2C(=O)C2CCCN2C(=O)[C@@H](OC(N)=O)[C@@H](C)O)cc(OC)c1OC. The Bertz CT molecular complexity index is 1260. The average molecular weight is 638 g/mol. The van der Waals surface area contributed by atoms with Gasteiger partial charge in [0.1, 0.15) is 17.6 Å². The van der Waals surface area contributed by atoms with E-state index >= 15 is 0 Å². The van der Waals surface area contributed by atoms with Crippen LogP contribution in [0.3, 0.4) is 0 Å². The molecular weight excluding hydrogens is 594 g/mol. The number of likely N-dealkylation sites (tertiary alicyclic amines) is 2. The van der Waals surface area contributed by atoms with E-state index in [2.05, 4.69) is 5.32 Å². The number of benzene rings is 1. The number of rotatable bonds is 13. The van der Waals surface area contributed by atoms with Crippen LogP contribution in [-0.4, -0.2) is 120 Å². The highest BCUT2D eigenvalue weighted by molar-refractivity contribution is 5.98. The van der Waals surface area contributed by atoms with E-state index in [1.165, 1.54) is 45.0 Å². The highest BCUT2D eigenvalue weighted by Gasteiger charge is 2.53. The Labute approximate surface area is 260 Å². The van der Waals surface area contributed by atoms with Gasteiger partial charge < -0.3 is 55.7 Å². The third-order valence-electron chi connectivity index (χ3n) is 8.22. The van der Waals surface area contributed by atoms with Gasteiger partial charge in [0.05, 0.1) is 33.5 Å². The zero-order valence-electron chi connectivity index (χ0n) is 26.1. The van der Waals surface area contributed by atoms with Crippen molar-refractivity contribution in [3.8, 4) is 17.2 Å². The molecule has 0 aliphatic carbocycles. The summed E-state index contributed by atoms with van der Waals surface area (Å²) in [7, 11) is 4.31. The van der Waals surface area contributed by atoms with Gasteiger partial charge in [0.2, 0.25) is 29.6 Å². The lowest BCUT2D eigenvalue weighted by Crippen LogP contribution is -2.65. The summed E-state index contributed by atoms with van der Waals surface area (Å²) in [6, 6.07) is 0.771. The molecule has 2 aliphatic rings. The number of carbonyl (C=O) groups excluding carboxylic acids is 5. The Balaban J connectivity index is 2.08. The van der Waals surface area contributed by atoms with Crippen molar-refractivity contribution < 1.29 is 53.1 Å². The molecule has 0 radical (unpaired) electrons. The van der Waals surface area contributed by atoms with Crippen molar-refractivity contribution in [2.24, 2.45) is 11.5 Å².